The fraction of sp³-hybridized carbons (Fsp3) is 1.00. The molecule has 0 amide bonds. The molecule has 0 aromatic rings. The van der Waals surface area contributed by atoms with Crippen molar-refractivity contribution in [2.75, 3.05) is 13.1 Å². The molecule has 1 aliphatic heterocycles. The predicted molar refractivity (Wildman–Crippen MR) is 59.2 cm³/mol. The predicted octanol–water partition coefficient (Wildman–Crippen LogP) is 1.22. The number of hydrazine groups is 3. The van der Waals surface area contributed by atoms with E-state index in [2.05, 4.69) is 21.9 Å². The maximum atomic E-state index is 3.12. The third kappa shape index (κ3) is 10.6. The number of rotatable bonds is 0. The molecule has 15 heavy (non-hydrogen) atoms. The van der Waals surface area contributed by atoms with Crippen molar-refractivity contribution in [3.05, 3.63) is 0 Å². The third-order valence-corrected chi connectivity index (χ3v) is 2.59. The average Bonchev–Trinajstić information content (AvgIpc) is 2.22. The minimum Gasteiger partial charge on any atom is -0.243 e. The van der Waals surface area contributed by atoms with Crippen molar-refractivity contribution < 1.29 is 16.5 Å². The normalized spacial score (nSPS) is 22.4. The Balaban J connectivity index is 0.00000196. The van der Waals surface area contributed by atoms with Gasteiger partial charge in [0.1, 0.15) is 0 Å². The molecule has 0 atom stereocenters. The van der Waals surface area contributed by atoms with E-state index in [1.54, 1.807) is 0 Å². The van der Waals surface area contributed by atoms with Crippen molar-refractivity contribution in [3.8, 4) is 0 Å². The molecule has 0 unspecified atom stereocenters. The van der Waals surface area contributed by atoms with Crippen LogP contribution >= 0.6 is 0 Å². The van der Waals surface area contributed by atoms with Crippen LogP contribution in [0.5, 0.6) is 0 Å². The summed E-state index contributed by atoms with van der Waals surface area (Å²) in [4.78, 5) is 0. The molecule has 1 rings (SSSR count). The summed E-state index contributed by atoms with van der Waals surface area (Å²) in [6, 6.07) is 0. The first kappa shape index (κ1) is 15.3. The second-order valence-electron chi connectivity index (χ2n) is 3.93. The van der Waals surface area contributed by atoms with E-state index in [1.807, 2.05) is 0 Å². The van der Waals surface area contributed by atoms with Crippen LogP contribution in [-0.2, 0) is 16.5 Å². The first-order chi connectivity index (χ1) is 7.00. The molecular formula is C10H24N4Ni. The molecule has 0 spiro atoms. The average molecular weight is 259 g/mol. The fourth-order valence-electron chi connectivity index (χ4n) is 1.70. The van der Waals surface area contributed by atoms with E-state index in [9.17, 15) is 0 Å². The molecule has 4 N–H and O–H groups in total. The Bertz CT molecular complexity index is 70.7. The molecule has 0 radical (unpaired) electrons. The van der Waals surface area contributed by atoms with Crippen LogP contribution in [0.1, 0.15) is 51.4 Å². The van der Waals surface area contributed by atoms with Crippen molar-refractivity contribution >= 4 is 0 Å². The van der Waals surface area contributed by atoms with E-state index in [0.717, 1.165) is 13.1 Å². The fourth-order valence-corrected chi connectivity index (χ4v) is 1.70. The zero-order chi connectivity index (χ0) is 9.90. The number of nitrogens with one attached hydrogen (secondary N) is 4. The molecule has 94 valence electrons. The standard InChI is InChI=1S/C10H24N4.Ni/c1-2-4-6-8-10-12-14-13-11-9-7-5-3-1;/h11-14H,1-10H2;. The van der Waals surface area contributed by atoms with Crippen LogP contribution in [0.25, 0.3) is 0 Å². The van der Waals surface area contributed by atoms with Gasteiger partial charge in [0.2, 0.25) is 0 Å². The van der Waals surface area contributed by atoms with Crippen LogP contribution in [0, 0.1) is 0 Å². The summed E-state index contributed by atoms with van der Waals surface area (Å²) >= 11 is 0. The van der Waals surface area contributed by atoms with Gasteiger partial charge in [-0.05, 0) is 12.8 Å². The number of hydrogen-bond acceptors (Lipinski definition) is 4. The van der Waals surface area contributed by atoms with E-state index in [0.29, 0.717) is 0 Å². The van der Waals surface area contributed by atoms with E-state index < -0.39 is 0 Å². The Hall–Kier alpha value is 0.334. The zero-order valence-electron chi connectivity index (χ0n) is 9.39. The Labute approximate surface area is 103 Å². The smallest absolute Gasteiger partial charge is 0.0113 e. The minimum atomic E-state index is 0. The van der Waals surface area contributed by atoms with Gasteiger partial charge in [0, 0.05) is 29.6 Å². The molecule has 1 fully saturated rings. The van der Waals surface area contributed by atoms with Crippen molar-refractivity contribution in [2.45, 2.75) is 51.4 Å². The molecule has 1 saturated heterocycles. The van der Waals surface area contributed by atoms with Crippen LogP contribution in [0.4, 0.5) is 0 Å². The van der Waals surface area contributed by atoms with Crippen molar-refractivity contribution in [2.24, 2.45) is 0 Å². The molecule has 0 aromatic heterocycles. The Morgan fingerprint density at radius 2 is 0.800 bits per heavy atom. The Kier molecular flexibility index (Phi) is 12.7. The maximum absolute atomic E-state index is 3.12. The molecule has 1 heterocycles. The molecule has 5 heteroatoms. The first-order valence-electron chi connectivity index (χ1n) is 5.96. The molecule has 4 nitrogen and oxygen atoms in total. The van der Waals surface area contributed by atoms with Gasteiger partial charge in [0.05, 0.1) is 0 Å². The number of hydrogen-bond donors (Lipinski definition) is 4. The van der Waals surface area contributed by atoms with E-state index in [-0.39, 0.29) is 16.5 Å². The summed E-state index contributed by atoms with van der Waals surface area (Å²) in [6.07, 6.45) is 10.8. The molecule has 0 saturated carbocycles. The summed E-state index contributed by atoms with van der Waals surface area (Å²) in [7, 11) is 0. The van der Waals surface area contributed by atoms with Crippen LogP contribution in [-0.4, -0.2) is 13.1 Å². The topological polar surface area (TPSA) is 48.1 Å². The van der Waals surface area contributed by atoms with Gasteiger partial charge in [-0.3, -0.25) is 0 Å². The summed E-state index contributed by atoms with van der Waals surface area (Å²) in [5.74, 6) is 0. The van der Waals surface area contributed by atoms with Gasteiger partial charge in [-0.2, -0.15) is 11.1 Å². The monoisotopic (exact) mass is 258 g/mol. The van der Waals surface area contributed by atoms with Crippen LogP contribution in [0.15, 0.2) is 0 Å². The van der Waals surface area contributed by atoms with Gasteiger partial charge in [-0.25, -0.2) is 10.9 Å². The SMILES string of the molecule is C1CCCCCNNNNCCCC1.[Ni]. The summed E-state index contributed by atoms with van der Waals surface area (Å²) in [6.45, 7) is 2.07. The van der Waals surface area contributed by atoms with Crippen molar-refractivity contribution in [3.63, 3.8) is 0 Å². The maximum Gasteiger partial charge on any atom is 0.0113 e. The van der Waals surface area contributed by atoms with Gasteiger partial charge < -0.3 is 0 Å². The summed E-state index contributed by atoms with van der Waals surface area (Å²) < 4.78 is 0. The minimum absolute atomic E-state index is 0. The third-order valence-electron chi connectivity index (χ3n) is 2.59. The van der Waals surface area contributed by atoms with Gasteiger partial charge in [-0.1, -0.05) is 38.5 Å². The van der Waals surface area contributed by atoms with Crippen molar-refractivity contribution in [1.29, 1.82) is 0 Å². The second kappa shape index (κ2) is 12.4. The van der Waals surface area contributed by atoms with E-state index in [1.165, 1.54) is 51.4 Å². The summed E-state index contributed by atoms with van der Waals surface area (Å²) in [5, 5.41) is 0. The largest absolute Gasteiger partial charge is 0.243 e. The Morgan fingerprint density at radius 3 is 1.20 bits per heavy atom. The summed E-state index contributed by atoms with van der Waals surface area (Å²) in [5.41, 5.74) is 12.1. The van der Waals surface area contributed by atoms with Crippen LogP contribution < -0.4 is 21.9 Å². The van der Waals surface area contributed by atoms with Crippen LogP contribution in [0.2, 0.25) is 0 Å². The zero-order valence-corrected chi connectivity index (χ0v) is 10.4. The van der Waals surface area contributed by atoms with Gasteiger partial charge >= 0.3 is 0 Å². The van der Waals surface area contributed by atoms with Gasteiger partial charge in [-0.15, -0.1) is 0 Å². The second-order valence-corrected chi connectivity index (χ2v) is 3.93. The molecule has 1 aliphatic rings. The van der Waals surface area contributed by atoms with Crippen molar-refractivity contribution in [1.82, 2.24) is 21.9 Å². The van der Waals surface area contributed by atoms with Gasteiger partial charge in [0.15, 0.2) is 0 Å². The van der Waals surface area contributed by atoms with Gasteiger partial charge in [0.25, 0.3) is 0 Å². The van der Waals surface area contributed by atoms with E-state index >= 15 is 0 Å². The first-order valence-corrected chi connectivity index (χ1v) is 5.96. The molecule has 0 aromatic carbocycles. The Morgan fingerprint density at radius 1 is 0.467 bits per heavy atom. The molecule has 0 bridgehead atoms. The van der Waals surface area contributed by atoms with E-state index in [4.69, 9.17) is 0 Å². The van der Waals surface area contributed by atoms with Crippen LogP contribution in [0.3, 0.4) is 0 Å². The quantitative estimate of drug-likeness (QED) is 0.494. The molecular weight excluding hydrogens is 235 g/mol. The molecule has 0 aliphatic carbocycles.